The van der Waals surface area contributed by atoms with Crippen molar-refractivity contribution in [3.8, 4) is 5.75 Å². The van der Waals surface area contributed by atoms with Crippen molar-refractivity contribution in [3.05, 3.63) is 41.5 Å². The number of aryl methyl sites for hydroxylation is 1. The molecule has 2 aliphatic rings. The number of likely N-dealkylation sites (tertiary alicyclic amines) is 1. The van der Waals surface area contributed by atoms with Gasteiger partial charge in [0, 0.05) is 6.54 Å². The Balaban J connectivity index is 0.00000121. The summed E-state index contributed by atoms with van der Waals surface area (Å²) in [5.41, 5.74) is 2.25. The molecule has 0 unspecified atom stereocenters. The molecule has 0 bridgehead atoms. The number of fused-ring (bicyclic) bond motifs is 1. The highest BCUT2D eigenvalue weighted by Gasteiger charge is 2.41. The topological polar surface area (TPSA) is 38.8 Å². The Labute approximate surface area is 226 Å². The Morgan fingerprint density at radius 3 is 2.16 bits per heavy atom. The van der Waals surface area contributed by atoms with E-state index in [9.17, 15) is 18.0 Å². The molecule has 0 aromatic heterocycles. The second-order valence-corrected chi connectivity index (χ2v) is 9.68. The summed E-state index contributed by atoms with van der Waals surface area (Å²) in [6, 6.07) is 10.4. The molecule has 0 atom stereocenters. The number of piperidine rings is 1. The van der Waals surface area contributed by atoms with Crippen LogP contribution in [0.25, 0.3) is 10.8 Å². The van der Waals surface area contributed by atoms with Crippen LogP contribution in [-0.2, 0) is 16.1 Å². The predicted octanol–water partition coefficient (Wildman–Crippen LogP) is 8.48. The predicted molar refractivity (Wildman–Crippen MR) is 148 cm³/mol. The summed E-state index contributed by atoms with van der Waals surface area (Å²) < 4.78 is 50.1. The number of alkyl halides is 3. The smallest absolute Gasteiger partial charge is 0.391 e. The van der Waals surface area contributed by atoms with E-state index in [0.29, 0.717) is 19.4 Å². The van der Waals surface area contributed by atoms with Gasteiger partial charge >= 0.3 is 12.1 Å². The highest BCUT2D eigenvalue weighted by Crippen LogP contribution is 2.39. The minimum Gasteiger partial charge on any atom is -0.490 e. The maximum Gasteiger partial charge on any atom is 0.391 e. The molecule has 2 aromatic carbocycles. The van der Waals surface area contributed by atoms with Crippen LogP contribution >= 0.6 is 0 Å². The van der Waals surface area contributed by atoms with Gasteiger partial charge in [0.1, 0.15) is 5.75 Å². The van der Waals surface area contributed by atoms with Gasteiger partial charge in [-0.1, -0.05) is 45.9 Å². The zero-order valence-corrected chi connectivity index (χ0v) is 24.0. The SMILES string of the molecule is CC.CC.CCOC(=O)C1CCN(Cc2ccc3c(C)c(OC4CCC(C(F)(F)F)CC4)ccc3c2)CC1. The van der Waals surface area contributed by atoms with Gasteiger partial charge in [-0.05, 0) is 99.5 Å². The summed E-state index contributed by atoms with van der Waals surface area (Å²) in [5.74, 6) is -0.497. The van der Waals surface area contributed by atoms with Crippen LogP contribution in [-0.4, -0.2) is 42.8 Å². The van der Waals surface area contributed by atoms with Crippen LogP contribution in [0, 0.1) is 18.8 Å². The zero-order chi connectivity index (χ0) is 28.3. The lowest BCUT2D eigenvalue weighted by Gasteiger charge is -2.31. The Morgan fingerprint density at radius 2 is 1.58 bits per heavy atom. The molecule has 1 heterocycles. The first kappa shape index (κ1) is 31.9. The first-order chi connectivity index (χ1) is 18.2. The van der Waals surface area contributed by atoms with Crippen LogP contribution in [0.1, 0.15) is 84.3 Å². The van der Waals surface area contributed by atoms with Crippen LogP contribution in [0.4, 0.5) is 13.2 Å². The van der Waals surface area contributed by atoms with Gasteiger partial charge in [-0.15, -0.1) is 0 Å². The standard InChI is InChI=1S/C27H34F3NO3.2C2H6/c1-3-33-26(32)20-12-14-31(15-13-20)17-19-4-10-24-18(2)25(11-5-21(24)16-19)34-23-8-6-22(7-9-23)27(28,29)30;2*1-2/h4-5,10-11,16,20,22-23H,3,6-9,12-15,17H2,1-2H3;2*1-2H3. The highest BCUT2D eigenvalue weighted by molar-refractivity contribution is 5.88. The molecule has 1 aliphatic heterocycles. The number of hydrogen-bond donors (Lipinski definition) is 0. The molecule has 7 heteroatoms. The van der Waals surface area contributed by atoms with E-state index < -0.39 is 12.1 Å². The molecule has 2 fully saturated rings. The van der Waals surface area contributed by atoms with Gasteiger partial charge in [0.05, 0.1) is 24.5 Å². The van der Waals surface area contributed by atoms with E-state index in [1.807, 2.05) is 53.7 Å². The summed E-state index contributed by atoms with van der Waals surface area (Å²) >= 11 is 0. The number of benzene rings is 2. The normalized spacial score (nSPS) is 20.6. The molecule has 214 valence electrons. The molecule has 0 radical (unpaired) electrons. The lowest BCUT2D eigenvalue weighted by molar-refractivity contribution is -0.185. The van der Waals surface area contributed by atoms with Gasteiger partial charge in [0.2, 0.25) is 0 Å². The summed E-state index contributed by atoms with van der Waals surface area (Å²) in [6.45, 7) is 14.9. The van der Waals surface area contributed by atoms with Crippen molar-refractivity contribution in [3.63, 3.8) is 0 Å². The number of nitrogens with zero attached hydrogens (tertiary/aromatic N) is 1. The lowest BCUT2D eigenvalue weighted by Crippen LogP contribution is -2.36. The van der Waals surface area contributed by atoms with Crippen LogP contribution in [0.15, 0.2) is 30.3 Å². The van der Waals surface area contributed by atoms with E-state index in [1.165, 1.54) is 5.56 Å². The second-order valence-electron chi connectivity index (χ2n) is 9.68. The largest absolute Gasteiger partial charge is 0.490 e. The van der Waals surface area contributed by atoms with Crippen LogP contribution in [0.2, 0.25) is 0 Å². The van der Waals surface area contributed by atoms with E-state index in [4.69, 9.17) is 9.47 Å². The average Bonchev–Trinajstić information content (AvgIpc) is 2.93. The summed E-state index contributed by atoms with van der Waals surface area (Å²) in [6.07, 6.45) is -1.44. The highest BCUT2D eigenvalue weighted by atomic mass is 19.4. The first-order valence-electron chi connectivity index (χ1n) is 14.4. The van der Waals surface area contributed by atoms with Crippen molar-refractivity contribution in [2.75, 3.05) is 19.7 Å². The van der Waals surface area contributed by atoms with Crippen molar-refractivity contribution in [1.29, 1.82) is 0 Å². The van der Waals surface area contributed by atoms with Gasteiger partial charge in [0.25, 0.3) is 0 Å². The third-order valence-electron chi connectivity index (χ3n) is 7.35. The summed E-state index contributed by atoms with van der Waals surface area (Å²) in [4.78, 5) is 14.3. The molecule has 1 saturated heterocycles. The quantitative estimate of drug-likeness (QED) is 0.347. The molecule has 2 aromatic rings. The van der Waals surface area contributed by atoms with Crippen molar-refractivity contribution < 1.29 is 27.4 Å². The van der Waals surface area contributed by atoms with Crippen LogP contribution < -0.4 is 4.74 Å². The summed E-state index contributed by atoms with van der Waals surface area (Å²) in [5, 5.41) is 2.23. The van der Waals surface area contributed by atoms with Gasteiger partial charge in [-0.3, -0.25) is 9.69 Å². The third kappa shape index (κ3) is 8.62. The number of rotatable bonds is 6. The number of ether oxygens (including phenoxy) is 2. The molecule has 0 spiro atoms. The van der Waals surface area contributed by atoms with Gasteiger partial charge < -0.3 is 9.47 Å². The third-order valence-corrected chi connectivity index (χ3v) is 7.35. The van der Waals surface area contributed by atoms with E-state index >= 15 is 0 Å². The number of halogens is 3. The maximum absolute atomic E-state index is 12.9. The molecular formula is C31H46F3NO3. The fourth-order valence-electron chi connectivity index (χ4n) is 5.27. The van der Waals surface area contributed by atoms with Crippen molar-refractivity contribution in [2.45, 2.75) is 98.9 Å². The molecule has 0 N–H and O–H groups in total. The van der Waals surface area contributed by atoms with Crippen molar-refractivity contribution in [2.24, 2.45) is 11.8 Å². The number of hydrogen-bond acceptors (Lipinski definition) is 4. The molecule has 4 nitrogen and oxygen atoms in total. The van der Waals surface area contributed by atoms with Gasteiger partial charge in [-0.25, -0.2) is 0 Å². The van der Waals surface area contributed by atoms with Crippen LogP contribution in [0.5, 0.6) is 5.75 Å². The van der Waals surface area contributed by atoms with Gasteiger partial charge in [0.15, 0.2) is 0 Å². The Kier molecular flexibility index (Phi) is 12.9. The minimum atomic E-state index is -4.10. The number of carbonyl (C=O) groups excluding carboxylic acids is 1. The maximum atomic E-state index is 12.9. The molecule has 0 amide bonds. The lowest BCUT2D eigenvalue weighted by atomic mass is 9.87. The second kappa shape index (κ2) is 15.3. The molecule has 1 aliphatic carbocycles. The molecule has 38 heavy (non-hydrogen) atoms. The van der Waals surface area contributed by atoms with E-state index in [2.05, 4.69) is 23.1 Å². The number of carbonyl (C=O) groups is 1. The fourth-order valence-corrected chi connectivity index (χ4v) is 5.27. The monoisotopic (exact) mass is 537 g/mol. The zero-order valence-electron chi connectivity index (χ0n) is 24.0. The minimum absolute atomic E-state index is 0.0115. The van der Waals surface area contributed by atoms with E-state index in [1.54, 1.807) is 0 Å². The summed E-state index contributed by atoms with van der Waals surface area (Å²) in [7, 11) is 0. The van der Waals surface area contributed by atoms with Crippen LogP contribution in [0.3, 0.4) is 0 Å². The average molecular weight is 538 g/mol. The first-order valence-corrected chi connectivity index (χ1v) is 14.4. The molecule has 4 rings (SSSR count). The Morgan fingerprint density at radius 1 is 0.947 bits per heavy atom. The van der Waals surface area contributed by atoms with E-state index in [0.717, 1.165) is 54.6 Å². The van der Waals surface area contributed by atoms with Crippen molar-refractivity contribution in [1.82, 2.24) is 4.90 Å². The molecular weight excluding hydrogens is 491 g/mol. The van der Waals surface area contributed by atoms with Gasteiger partial charge in [-0.2, -0.15) is 13.2 Å². The Hall–Kier alpha value is -2.28. The number of esters is 1. The Bertz CT molecular complexity index is 992. The molecule has 1 saturated carbocycles. The van der Waals surface area contributed by atoms with E-state index in [-0.39, 0.29) is 30.8 Å². The fraction of sp³-hybridized carbons (Fsp3) is 0.645. The van der Waals surface area contributed by atoms with Crippen molar-refractivity contribution >= 4 is 16.7 Å².